The first-order valence-electron chi connectivity index (χ1n) is 5.97. The second kappa shape index (κ2) is 6.68. The maximum Gasteiger partial charge on any atom is 0.323 e. The van der Waals surface area contributed by atoms with Crippen LogP contribution in [-0.4, -0.2) is 15.3 Å². The quantitative estimate of drug-likeness (QED) is 0.921. The summed E-state index contributed by atoms with van der Waals surface area (Å²) in [5.74, 6) is -0.897. The van der Waals surface area contributed by atoms with Crippen LogP contribution < -0.4 is 0 Å². The largest absolute Gasteiger partial charge is 0.480 e. The molecule has 0 saturated heterocycles. The van der Waals surface area contributed by atoms with Crippen molar-refractivity contribution in [2.75, 3.05) is 0 Å². The number of benzene rings is 2. The van der Waals surface area contributed by atoms with Crippen molar-refractivity contribution in [3.05, 3.63) is 70.7 Å². The van der Waals surface area contributed by atoms with Gasteiger partial charge < -0.3 is 5.11 Å². The second-order valence-corrected chi connectivity index (χ2v) is 6.24. The zero-order valence-electron chi connectivity index (χ0n) is 10.5. The van der Waals surface area contributed by atoms with Gasteiger partial charge in [0.1, 0.15) is 0 Å². The van der Waals surface area contributed by atoms with Crippen molar-refractivity contribution in [3.8, 4) is 0 Å². The highest BCUT2D eigenvalue weighted by molar-refractivity contribution is 7.85. The average molecular weight is 309 g/mol. The summed E-state index contributed by atoms with van der Waals surface area (Å²) < 4.78 is 12.3. The molecule has 0 aliphatic carbocycles. The third kappa shape index (κ3) is 3.68. The van der Waals surface area contributed by atoms with Crippen LogP contribution in [-0.2, 0) is 21.3 Å². The molecule has 0 heterocycles. The van der Waals surface area contributed by atoms with Gasteiger partial charge in [0.25, 0.3) is 0 Å². The van der Waals surface area contributed by atoms with Crippen LogP contribution in [0.3, 0.4) is 0 Å². The van der Waals surface area contributed by atoms with Crippen LogP contribution in [0.4, 0.5) is 0 Å². The fourth-order valence-corrected chi connectivity index (χ4v) is 3.36. The number of carboxylic acids is 1. The van der Waals surface area contributed by atoms with Gasteiger partial charge in [-0.3, -0.25) is 9.00 Å². The van der Waals surface area contributed by atoms with Crippen molar-refractivity contribution in [3.63, 3.8) is 0 Å². The molecule has 0 bridgehead atoms. The summed E-state index contributed by atoms with van der Waals surface area (Å²) in [4.78, 5) is 11.4. The number of aliphatic carboxylic acids is 1. The van der Waals surface area contributed by atoms with E-state index in [1.165, 1.54) is 0 Å². The molecule has 1 N–H and O–H groups in total. The molecule has 104 valence electrons. The van der Waals surface area contributed by atoms with Gasteiger partial charge in [-0.25, -0.2) is 0 Å². The van der Waals surface area contributed by atoms with E-state index < -0.39 is 22.0 Å². The Kier molecular flexibility index (Phi) is 4.93. The molecule has 2 aromatic rings. The van der Waals surface area contributed by atoms with Crippen LogP contribution >= 0.6 is 11.6 Å². The van der Waals surface area contributed by atoms with Crippen LogP contribution in [0.15, 0.2) is 54.6 Å². The summed E-state index contributed by atoms with van der Waals surface area (Å²) in [7, 11) is -1.54. The van der Waals surface area contributed by atoms with E-state index in [1.807, 2.05) is 0 Å². The predicted octanol–water partition coefficient (Wildman–Crippen LogP) is 3.41. The third-order valence-corrected chi connectivity index (χ3v) is 4.68. The molecule has 0 aliphatic heterocycles. The minimum atomic E-state index is -1.54. The topological polar surface area (TPSA) is 54.4 Å². The van der Waals surface area contributed by atoms with E-state index in [2.05, 4.69) is 0 Å². The molecule has 0 amide bonds. The van der Waals surface area contributed by atoms with Gasteiger partial charge in [0, 0.05) is 21.6 Å². The van der Waals surface area contributed by atoms with E-state index in [9.17, 15) is 14.1 Å². The van der Waals surface area contributed by atoms with Gasteiger partial charge >= 0.3 is 5.97 Å². The lowest BCUT2D eigenvalue weighted by atomic mass is 10.1. The molecule has 5 heteroatoms. The third-order valence-electron chi connectivity index (χ3n) is 2.81. The number of hydrogen-bond acceptors (Lipinski definition) is 2. The molecule has 2 aromatic carbocycles. The van der Waals surface area contributed by atoms with Gasteiger partial charge in [0.15, 0.2) is 5.25 Å². The van der Waals surface area contributed by atoms with Crippen molar-refractivity contribution < 1.29 is 14.1 Å². The van der Waals surface area contributed by atoms with Crippen LogP contribution in [0.25, 0.3) is 0 Å². The molecule has 2 atom stereocenters. The molecular weight excluding hydrogens is 296 g/mol. The number of hydrogen-bond donors (Lipinski definition) is 1. The molecule has 0 radical (unpaired) electrons. The highest BCUT2D eigenvalue weighted by Crippen LogP contribution is 2.23. The molecule has 0 aliphatic rings. The SMILES string of the molecule is O=C(O)C(c1ccccc1)S(=O)Cc1ccc(Cl)cc1. The number of carboxylic acid groups (broad SMARTS) is 1. The lowest BCUT2D eigenvalue weighted by Gasteiger charge is -2.12. The highest BCUT2D eigenvalue weighted by Gasteiger charge is 2.26. The van der Waals surface area contributed by atoms with E-state index in [0.717, 1.165) is 5.56 Å². The van der Waals surface area contributed by atoms with Crippen LogP contribution in [0, 0.1) is 0 Å². The first kappa shape index (κ1) is 14.8. The fourth-order valence-electron chi connectivity index (χ4n) is 1.86. The standard InChI is InChI=1S/C15H13ClO3S/c16-13-8-6-11(7-9-13)10-20(19)14(15(17)18)12-4-2-1-3-5-12/h1-9,14H,10H2,(H,17,18). The lowest BCUT2D eigenvalue weighted by molar-refractivity contribution is -0.136. The Morgan fingerprint density at radius 1 is 1.10 bits per heavy atom. The summed E-state index contributed by atoms with van der Waals surface area (Å²) in [5, 5.41) is 8.88. The van der Waals surface area contributed by atoms with Gasteiger partial charge in [0.2, 0.25) is 0 Å². The van der Waals surface area contributed by atoms with E-state index in [-0.39, 0.29) is 5.75 Å². The summed E-state index contributed by atoms with van der Waals surface area (Å²) in [6.07, 6.45) is 0. The minimum Gasteiger partial charge on any atom is -0.480 e. The molecule has 20 heavy (non-hydrogen) atoms. The van der Waals surface area contributed by atoms with Gasteiger partial charge in [-0.1, -0.05) is 54.1 Å². The van der Waals surface area contributed by atoms with Crippen LogP contribution in [0.1, 0.15) is 16.4 Å². The van der Waals surface area contributed by atoms with E-state index in [4.69, 9.17) is 11.6 Å². The highest BCUT2D eigenvalue weighted by atomic mass is 35.5. The monoisotopic (exact) mass is 308 g/mol. The first-order valence-corrected chi connectivity index (χ1v) is 7.73. The average Bonchev–Trinajstić information content (AvgIpc) is 2.42. The van der Waals surface area contributed by atoms with E-state index >= 15 is 0 Å². The Labute approximate surface area is 124 Å². The Morgan fingerprint density at radius 3 is 2.25 bits per heavy atom. The van der Waals surface area contributed by atoms with Crippen molar-refractivity contribution >= 4 is 28.4 Å². The molecular formula is C15H13ClO3S. The van der Waals surface area contributed by atoms with Gasteiger partial charge in [0.05, 0.1) is 0 Å². The molecule has 2 unspecified atom stereocenters. The van der Waals surface area contributed by atoms with Gasteiger partial charge in [-0.2, -0.15) is 0 Å². The Hall–Kier alpha value is -1.65. The fraction of sp³-hybridized carbons (Fsp3) is 0.133. The Morgan fingerprint density at radius 2 is 1.70 bits per heavy atom. The van der Waals surface area contributed by atoms with Gasteiger partial charge in [-0.15, -0.1) is 0 Å². The second-order valence-electron chi connectivity index (χ2n) is 4.28. The maximum atomic E-state index is 12.3. The Balaban J connectivity index is 2.20. The van der Waals surface area contributed by atoms with Crippen molar-refractivity contribution in [2.45, 2.75) is 11.0 Å². The summed E-state index contributed by atoms with van der Waals surface area (Å²) in [5.41, 5.74) is 1.35. The summed E-state index contributed by atoms with van der Waals surface area (Å²) >= 11 is 5.79. The normalized spacial score (nSPS) is 13.7. The van der Waals surface area contributed by atoms with E-state index in [1.54, 1.807) is 54.6 Å². The van der Waals surface area contributed by atoms with Crippen LogP contribution in [0.5, 0.6) is 0 Å². The zero-order valence-corrected chi connectivity index (χ0v) is 12.1. The molecule has 2 rings (SSSR count). The molecule has 0 aromatic heterocycles. The summed E-state index contributed by atoms with van der Waals surface area (Å²) in [6.45, 7) is 0. The maximum absolute atomic E-state index is 12.3. The van der Waals surface area contributed by atoms with Crippen molar-refractivity contribution in [1.29, 1.82) is 0 Å². The van der Waals surface area contributed by atoms with Crippen molar-refractivity contribution in [1.82, 2.24) is 0 Å². The van der Waals surface area contributed by atoms with Crippen LogP contribution in [0.2, 0.25) is 5.02 Å². The Bertz CT molecular complexity index is 611. The number of rotatable bonds is 5. The van der Waals surface area contributed by atoms with Gasteiger partial charge in [-0.05, 0) is 23.3 Å². The minimum absolute atomic E-state index is 0.184. The number of carbonyl (C=O) groups is 1. The first-order chi connectivity index (χ1) is 9.58. The smallest absolute Gasteiger partial charge is 0.323 e. The number of halogens is 1. The van der Waals surface area contributed by atoms with Crippen molar-refractivity contribution in [2.24, 2.45) is 0 Å². The zero-order chi connectivity index (χ0) is 14.5. The predicted molar refractivity (Wildman–Crippen MR) is 80.1 cm³/mol. The summed E-state index contributed by atoms with van der Waals surface area (Å²) in [6, 6.07) is 15.5. The van der Waals surface area contributed by atoms with E-state index in [0.29, 0.717) is 10.6 Å². The molecule has 0 fully saturated rings. The molecule has 3 nitrogen and oxygen atoms in total. The lowest BCUT2D eigenvalue weighted by Crippen LogP contribution is -2.18. The molecule has 0 spiro atoms. The molecule has 0 saturated carbocycles.